The zero-order chi connectivity index (χ0) is 24.5. The van der Waals surface area contributed by atoms with Crippen LogP contribution in [-0.4, -0.2) is 24.0 Å². The molecule has 34 heavy (non-hydrogen) atoms. The summed E-state index contributed by atoms with van der Waals surface area (Å²) in [6.45, 7) is 4.13. The summed E-state index contributed by atoms with van der Waals surface area (Å²) in [4.78, 5) is 22.0. The number of phenolic OH excluding ortho intramolecular Hbond substituents is 1. The van der Waals surface area contributed by atoms with E-state index in [2.05, 4.69) is 11.1 Å². The summed E-state index contributed by atoms with van der Waals surface area (Å²) in [6, 6.07) is 23.2. The standard InChI is InChI=1S/C26H28N2O3.CH3NO/c1-18(27-19(2)29)21-13-14-25(26(30)15-21)28(22-7-4-3-5-8-22)23-9-6-10-24(16-23)31-17-20-11-12-20;2-1-3/h3-10,13-16,18,20,30H,11-12,17H2,1-2H3,(H,27,29);1H,(H2,2,3). The van der Waals surface area contributed by atoms with Crippen molar-refractivity contribution in [2.24, 2.45) is 11.7 Å². The number of carbonyl (C=O) groups is 2. The van der Waals surface area contributed by atoms with E-state index in [-0.39, 0.29) is 24.1 Å². The van der Waals surface area contributed by atoms with E-state index >= 15 is 0 Å². The summed E-state index contributed by atoms with van der Waals surface area (Å²) < 4.78 is 5.98. The highest BCUT2D eigenvalue weighted by atomic mass is 16.5. The lowest BCUT2D eigenvalue weighted by molar-refractivity contribution is -0.119. The van der Waals surface area contributed by atoms with Crippen molar-refractivity contribution in [2.75, 3.05) is 11.5 Å². The average Bonchev–Trinajstić information content (AvgIpc) is 3.65. The first-order chi connectivity index (χ1) is 16.4. The second-order valence-electron chi connectivity index (χ2n) is 8.23. The second kappa shape index (κ2) is 11.7. The molecule has 0 heterocycles. The van der Waals surface area contributed by atoms with Crippen LogP contribution in [-0.2, 0) is 9.59 Å². The number of nitrogens with one attached hydrogen (secondary N) is 1. The number of carbonyl (C=O) groups excluding carboxylic acids is 2. The molecule has 0 aromatic heterocycles. The molecule has 2 amide bonds. The molecule has 0 saturated heterocycles. The SMILES string of the molecule is CC(=O)NC(C)c1ccc(N(c2ccccc2)c2cccc(OCC3CC3)c2)c(O)c1.NC=O. The van der Waals surface area contributed by atoms with E-state index in [9.17, 15) is 9.90 Å². The van der Waals surface area contributed by atoms with Crippen LogP contribution in [0.3, 0.4) is 0 Å². The number of benzene rings is 3. The number of aromatic hydroxyl groups is 1. The van der Waals surface area contributed by atoms with Gasteiger partial charge in [0.05, 0.1) is 18.3 Å². The van der Waals surface area contributed by atoms with Gasteiger partial charge in [-0.15, -0.1) is 0 Å². The summed E-state index contributed by atoms with van der Waals surface area (Å²) in [6.07, 6.45) is 2.74. The van der Waals surface area contributed by atoms with Crippen LogP contribution in [0, 0.1) is 5.92 Å². The monoisotopic (exact) mass is 461 g/mol. The molecule has 1 aliphatic rings. The predicted molar refractivity (Wildman–Crippen MR) is 133 cm³/mol. The molecule has 1 atom stereocenters. The first kappa shape index (κ1) is 24.6. The summed E-state index contributed by atoms with van der Waals surface area (Å²) in [5.41, 5.74) is 7.49. The van der Waals surface area contributed by atoms with Crippen LogP contribution < -0.4 is 20.7 Å². The van der Waals surface area contributed by atoms with E-state index in [1.165, 1.54) is 19.8 Å². The molecule has 7 nitrogen and oxygen atoms in total. The predicted octanol–water partition coefficient (Wildman–Crippen LogP) is 4.95. The van der Waals surface area contributed by atoms with Gasteiger partial charge in [-0.25, -0.2) is 0 Å². The normalized spacial score (nSPS) is 13.1. The van der Waals surface area contributed by atoms with Crippen molar-refractivity contribution < 1.29 is 19.4 Å². The number of hydrogen-bond donors (Lipinski definition) is 3. The van der Waals surface area contributed by atoms with Crippen molar-refractivity contribution in [2.45, 2.75) is 32.7 Å². The minimum absolute atomic E-state index is 0.106. The van der Waals surface area contributed by atoms with Crippen LogP contribution in [0.15, 0.2) is 72.8 Å². The number of para-hydroxylation sites is 1. The van der Waals surface area contributed by atoms with Crippen molar-refractivity contribution in [3.05, 3.63) is 78.4 Å². The topological polar surface area (TPSA) is 105 Å². The van der Waals surface area contributed by atoms with Crippen molar-refractivity contribution in [3.8, 4) is 11.5 Å². The van der Waals surface area contributed by atoms with E-state index in [0.29, 0.717) is 11.6 Å². The largest absolute Gasteiger partial charge is 0.506 e. The Bertz CT molecular complexity index is 1100. The van der Waals surface area contributed by atoms with Gasteiger partial charge in [0.2, 0.25) is 12.3 Å². The van der Waals surface area contributed by atoms with Crippen molar-refractivity contribution in [1.29, 1.82) is 0 Å². The van der Waals surface area contributed by atoms with E-state index in [4.69, 9.17) is 9.53 Å². The average molecular weight is 462 g/mol. The molecule has 7 heteroatoms. The third kappa shape index (κ3) is 6.75. The van der Waals surface area contributed by atoms with Crippen LogP contribution in [0.5, 0.6) is 11.5 Å². The fraction of sp³-hybridized carbons (Fsp3) is 0.259. The molecule has 1 unspecified atom stereocenters. The Morgan fingerprint density at radius 1 is 1.12 bits per heavy atom. The minimum atomic E-state index is -0.193. The van der Waals surface area contributed by atoms with Crippen LogP contribution in [0.2, 0.25) is 0 Å². The quantitative estimate of drug-likeness (QED) is 0.412. The molecule has 3 aromatic carbocycles. The third-order valence-corrected chi connectivity index (χ3v) is 5.43. The van der Waals surface area contributed by atoms with Gasteiger partial charge in [0.1, 0.15) is 11.5 Å². The smallest absolute Gasteiger partial charge is 0.217 e. The number of phenols is 1. The molecule has 1 fully saturated rings. The maximum absolute atomic E-state index is 11.4. The number of anilines is 3. The van der Waals surface area contributed by atoms with Crippen LogP contribution in [0.4, 0.5) is 17.1 Å². The molecule has 3 aromatic rings. The van der Waals surface area contributed by atoms with Gasteiger partial charge in [-0.2, -0.15) is 0 Å². The Hall–Kier alpha value is -4.00. The molecule has 0 bridgehead atoms. The van der Waals surface area contributed by atoms with Gasteiger partial charge in [-0.05, 0) is 67.6 Å². The van der Waals surface area contributed by atoms with Gasteiger partial charge in [0.15, 0.2) is 0 Å². The van der Waals surface area contributed by atoms with Gasteiger partial charge < -0.3 is 25.8 Å². The zero-order valence-corrected chi connectivity index (χ0v) is 19.5. The summed E-state index contributed by atoms with van der Waals surface area (Å²) in [7, 11) is 0. The summed E-state index contributed by atoms with van der Waals surface area (Å²) in [5.74, 6) is 1.53. The highest BCUT2D eigenvalue weighted by Gasteiger charge is 2.22. The van der Waals surface area contributed by atoms with E-state index in [1.807, 2.05) is 78.6 Å². The van der Waals surface area contributed by atoms with E-state index in [1.54, 1.807) is 6.07 Å². The zero-order valence-electron chi connectivity index (χ0n) is 19.5. The molecule has 178 valence electrons. The Balaban J connectivity index is 0.00000103. The number of nitrogens with zero attached hydrogens (tertiary/aromatic N) is 1. The highest BCUT2D eigenvalue weighted by molar-refractivity contribution is 5.80. The molecule has 4 N–H and O–H groups in total. The number of ether oxygens (including phenoxy) is 1. The Morgan fingerprint density at radius 3 is 2.41 bits per heavy atom. The molecule has 1 aliphatic carbocycles. The van der Waals surface area contributed by atoms with Crippen LogP contribution >= 0.6 is 0 Å². The minimum Gasteiger partial charge on any atom is -0.506 e. The molecule has 0 aliphatic heterocycles. The fourth-order valence-corrected chi connectivity index (χ4v) is 3.60. The first-order valence-corrected chi connectivity index (χ1v) is 11.3. The number of rotatable bonds is 8. The first-order valence-electron chi connectivity index (χ1n) is 11.3. The van der Waals surface area contributed by atoms with Gasteiger partial charge in [0, 0.05) is 24.4 Å². The van der Waals surface area contributed by atoms with Crippen LogP contribution in [0.25, 0.3) is 0 Å². The van der Waals surface area contributed by atoms with E-state index < -0.39 is 0 Å². The summed E-state index contributed by atoms with van der Waals surface area (Å²) >= 11 is 0. The highest BCUT2D eigenvalue weighted by Crippen LogP contribution is 2.41. The molecule has 1 saturated carbocycles. The lowest BCUT2D eigenvalue weighted by atomic mass is 10.1. The molecule has 0 radical (unpaired) electrons. The van der Waals surface area contributed by atoms with Crippen LogP contribution in [0.1, 0.15) is 38.3 Å². The Kier molecular flexibility index (Phi) is 8.51. The maximum Gasteiger partial charge on any atom is 0.217 e. The Labute approximate surface area is 200 Å². The lowest BCUT2D eigenvalue weighted by Crippen LogP contribution is -2.23. The number of nitrogens with two attached hydrogens (primary N) is 1. The van der Waals surface area contributed by atoms with Gasteiger partial charge in [-0.3, -0.25) is 9.59 Å². The molecule has 4 rings (SSSR count). The summed E-state index contributed by atoms with van der Waals surface area (Å²) in [5, 5.41) is 13.8. The maximum atomic E-state index is 11.4. The number of amides is 2. The molecule has 0 spiro atoms. The lowest BCUT2D eigenvalue weighted by Gasteiger charge is -2.27. The van der Waals surface area contributed by atoms with Crippen molar-refractivity contribution >= 4 is 29.4 Å². The number of hydrogen-bond acceptors (Lipinski definition) is 5. The van der Waals surface area contributed by atoms with Crippen molar-refractivity contribution in [1.82, 2.24) is 5.32 Å². The van der Waals surface area contributed by atoms with E-state index in [0.717, 1.165) is 29.3 Å². The van der Waals surface area contributed by atoms with Crippen molar-refractivity contribution in [3.63, 3.8) is 0 Å². The molecular weight excluding hydrogens is 430 g/mol. The second-order valence-corrected chi connectivity index (χ2v) is 8.23. The fourth-order valence-electron chi connectivity index (χ4n) is 3.60. The molecular formula is C27H31N3O4. The van der Waals surface area contributed by atoms with Gasteiger partial charge >= 0.3 is 0 Å². The third-order valence-electron chi connectivity index (χ3n) is 5.43. The number of primary amides is 1. The van der Waals surface area contributed by atoms with Gasteiger partial charge in [0.25, 0.3) is 0 Å². The van der Waals surface area contributed by atoms with Gasteiger partial charge in [-0.1, -0.05) is 30.3 Å². The Morgan fingerprint density at radius 2 is 1.79 bits per heavy atom.